The van der Waals surface area contributed by atoms with E-state index in [1.165, 1.54) is 0 Å². The second kappa shape index (κ2) is 9.59. The number of amides is 2. The van der Waals surface area contributed by atoms with E-state index in [2.05, 4.69) is 10.0 Å². The lowest BCUT2D eigenvalue weighted by Gasteiger charge is -2.20. The van der Waals surface area contributed by atoms with Crippen LogP contribution in [0, 0.1) is 0 Å². The lowest BCUT2D eigenvalue weighted by Crippen LogP contribution is -2.43. The van der Waals surface area contributed by atoms with E-state index >= 15 is 0 Å². The molecule has 0 aliphatic rings. The fourth-order valence-corrected chi connectivity index (χ4v) is 3.41. The summed E-state index contributed by atoms with van der Waals surface area (Å²) in [5.74, 6) is 0. The molecule has 2 rings (SSSR count). The van der Waals surface area contributed by atoms with Gasteiger partial charge in [-0.1, -0.05) is 42.5 Å². The highest BCUT2D eigenvalue weighted by Crippen LogP contribution is 2.14. The van der Waals surface area contributed by atoms with E-state index in [1.54, 1.807) is 75.4 Å². The van der Waals surface area contributed by atoms with Gasteiger partial charge < -0.3 is 9.84 Å². The van der Waals surface area contributed by atoms with Gasteiger partial charge in [0, 0.05) is 12.2 Å². The molecule has 2 aromatic rings. The number of ether oxygens (including phenoxy) is 1. The first-order valence-electron chi connectivity index (χ1n) is 9.09. The number of hydrogen-bond donors (Lipinski definition) is 3. The molecule has 2 aromatic carbocycles. The summed E-state index contributed by atoms with van der Waals surface area (Å²) in [6.07, 6.45) is -2.18. The maximum Gasteiger partial charge on any atom is 0.422 e. The minimum absolute atomic E-state index is 0.117. The molecule has 3 N–H and O–H groups in total. The van der Waals surface area contributed by atoms with E-state index in [-0.39, 0.29) is 13.1 Å². The van der Waals surface area contributed by atoms with Crippen molar-refractivity contribution in [3.8, 4) is 0 Å². The molecule has 0 saturated heterocycles. The zero-order valence-corrected chi connectivity index (χ0v) is 17.8. The molecule has 0 aliphatic heterocycles. The number of carbonyl (C=O) groups is 2. The molecule has 0 heterocycles. The number of anilines is 1. The minimum Gasteiger partial charge on any atom is -0.464 e. The first-order chi connectivity index (χ1) is 14.0. The normalized spacial score (nSPS) is 11.6. The van der Waals surface area contributed by atoms with Gasteiger partial charge >= 0.3 is 22.4 Å². The van der Waals surface area contributed by atoms with Crippen molar-refractivity contribution in [1.29, 1.82) is 0 Å². The molecule has 0 radical (unpaired) electrons. The minimum atomic E-state index is -4.27. The van der Waals surface area contributed by atoms with Crippen LogP contribution in [0.3, 0.4) is 0 Å². The summed E-state index contributed by atoms with van der Waals surface area (Å²) in [7, 11) is -4.27. The van der Waals surface area contributed by atoms with Gasteiger partial charge in [-0.3, -0.25) is 5.32 Å². The van der Waals surface area contributed by atoms with Gasteiger partial charge in [-0.25, -0.2) is 9.59 Å². The van der Waals surface area contributed by atoms with Crippen LogP contribution in [0.4, 0.5) is 15.3 Å². The van der Waals surface area contributed by atoms with Gasteiger partial charge in [-0.05, 0) is 44.0 Å². The van der Waals surface area contributed by atoms with Crippen LogP contribution >= 0.6 is 0 Å². The van der Waals surface area contributed by atoms with Gasteiger partial charge in [0.1, 0.15) is 5.60 Å². The largest absolute Gasteiger partial charge is 0.464 e. The maximum absolute atomic E-state index is 12.5. The van der Waals surface area contributed by atoms with Crippen LogP contribution in [0.1, 0.15) is 31.9 Å². The molecule has 0 spiro atoms. The zero-order chi connectivity index (χ0) is 22.4. The summed E-state index contributed by atoms with van der Waals surface area (Å²) in [4.78, 5) is 23.2. The Morgan fingerprint density at radius 2 is 1.60 bits per heavy atom. The average molecular weight is 436 g/mol. The summed E-state index contributed by atoms with van der Waals surface area (Å²) in [5.41, 5.74) is 0.978. The average Bonchev–Trinajstić information content (AvgIpc) is 2.64. The number of nitrogens with one attached hydrogen (secondary N) is 2. The number of nitrogens with zero attached hydrogens (tertiary/aromatic N) is 1. The molecule has 0 bridgehead atoms. The molecule has 0 aliphatic carbocycles. The monoisotopic (exact) mass is 435 g/mol. The van der Waals surface area contributed by atoms with Crippen molar-refractivity contribution >= 4 is 28.1 Å². The van der Waals surface area contributed by atoms with Crippen LogP contribution in [-0.2, 0) is 28.0 Å². The third-order valence-electron chi connectivity index (χ3n) is 3.73. The summed E-state index contributed by atoms with van der Waals surface area (Å²) in [6.45, 7) is 4.83. The van der Waals surface area contributed by atoms with Crippen LogP contribution in [0.15, 0.2) is 54.6 Å². The summed E-state index contributed by atoms with van der Waals surface area (Å²) >= 11 is 0. The fraction of sp³-hybridized carbons (Fsp3) is 0.300. The van der Waals surface area contributed by atoms with Crippen molar-refractivity contribution in [1.82, 2.24) is 9.03 Å². The Hall–Kier alpha value is -3.11. The van der Waals surface area contributed by atoms with Crippen molar-refractivity contribution in [3.63, 3.8) is 0 Å². The van der Waals surface area contributed by atoms with Gasteiger partial charge in [0.2, 0.25) is 0 Å². The molecule has 0 unspecified atom stereocenters. The topological polar surface area (TPSA) is 125 Å². The van der Waals surface area contributed by atoms with Gasteiger partial charge in [-0.2, -0.15) is 17.4 Å². The molecule has 162 valence electrons. The lowest BCUT2D eigenvalue weighted by atomic mass is 10.2. The van der Waals surface area contributed by atoms with Gasteiger partial charge in [0.25, 0.3) is 0 Å². The molecule has 9 nitrogen and oxygen atoms in total. The van der Waals surface area contributed by atoms with E-state index in [9.17, 15) is 23.1 Å². The van der Waals surface area contributed by atoms with Gasteiger partial charge in [0.15, 0.2) is 0 Å². The Kier molecular flexibility index (Phi) is 7.41. The molecule has 2 amide bonds. The number of hydrogen-bond acceptors (Lipinski definition) is 5. The predicted molar refractivity (Wildman–Crippen MR) is 112 cm³/mol. The summed E-state index contributed by atoms with van der Waals surface area (Å²) in [5, 5.41) is 11.9. The summed E-state index contributed by atoms with van der Waals surface area (Å²) < 4.78 is 32.7. The van der Waals surface area contributed by atoms with Gasteiger partial charge in [-0.15, -0.1) is 0 Å². The SMILES string of the molecule is CC(C)(C)OC(=O)Nc1ccc(CNS(=O)(=O)N(Cc2ccccc2)C(=O)O)cc1. The van der Waals surface area contributed by atoms with E-state index in [4.69, 9.17) is 4.74 Å². The van der Waals surface area contributed by atoms with Crippen molar-refractivity contribution in [2.75, 3.05) is 5.32 Å². The first-order valence-corrected chi connectivity index (χ1v) is 10.5. The third kappa shape index (κ3) is 7.37. The summed E-state index contributed by atoms with van der Waals surface area (Å²) in [6, 6.07) is 14.8. The van der Waals surface area contributed by atoms with Crippen molar-refractivity contribution in [2.45, 2.75) is 39.5 Å². The Morgan fingerprint density at radius 3 is 2.13 bits per heavy atom. The molecular formula is C20H25N3O6S. The fourth-order valence-electron chi connectivity index (χ4n) is 2.38. The van der Waals surface area contributed by atoms with E-state index in [0.717, 1.165) is 0 Å². The number of carboxylic acid groups (broad SMARTS) is 1. The van der Waals surface area contributed by atoms with Crippen molar-refractivity contribution in [3.05, 3.63) is 65.7 Å². The number of rotatable bonds is 7. The smallest absolute Gasteiger partial charge is 0.422 e. The Bertz CT molecular complexity index is 970. The van der Waals surface area contributed by atoms with Crippen molar-refractivity contribution in [2.24, 2.45) is 0 Å². The van der Waals surface area contributed by atoms with Gasteiger partial charge in [0.05, 0.1) is 6.54 Å². The molecule has 0 saturated carbocycles. The Balaban J connectivity index is 1.99. The lowest BCUT2D eigenvalue weighted by molar-refractivity contribution is 0.0636. The van der Waals surface area contributed by atoms with E-state index < -0.39 is 28.0 Å². The van der Waals surface area contributed by atoms with Crippen molar-refractivity contribution < 1.29 is 27.9 Å². The van der Waals surface area contributed by atoms with Crippen LogP contribution in [0.2, 0.25) is 0 Å². The highest BCUT2D eigenvalue weighted by atomic mass is 32.2. The zero-order valence-electron chi connectivity index (χ0n) is 17.0. The molecule has 10 heteroatoms. The second-order valence-corrected chi connectivity index (χ2v) is 9.10. The highest BCUT2D eigenvalue weighted by Gasteiger charge is 2.27. The highest BCUT2D eigenvalue weighted by molar-refractivity contribution is 7.87. The molecule has 30 heavy (non-hydrogen) atoms. The quantitative estimate of drug-likeness (QED) is 0.611. The molecule has 0 atom stereocenters. The van der Waals surface area contributed by atoms with Crippen LogP contribution < -0.4 is 10.0 Å². The van der Waals surface area contributed by atoms with Crippen LogP contribution in [-0.4, -0.2) is 35.6 Å². The Morgan fingerprint density at radius 1 is 1.00 bits per heavy atom. The first kappa shape index (κ1) is 23.2. The van der Waals surface area contributed by atoms with E-state index in [1.807, 2.05) is 0 Å². The Labute approximate surface area is 175 Å². The predicted octanol–water partition coefficient (Wildman–Crippen LogP) is 3.55. The maximum atomic E-state index is 12.5. The second-order valence-electron chi connectivity index (χ2n) is 7.42. The molecular weight excluding hydrogens is 410 g/mol. The van der Waals surface area contributed by atoms with Crippen LogP contribution in [0.25, 0.3) is 0 Å². The van der Waals surface area contributed by atoms with E-state index in [0.29, 0.717) is 21.1 Å². The number of benzene rings is 2. The molecule has 0 fully saturated rings. The molecule has 0 aromatic heterocycles. The third-order valence-corrected chi connectivity index (χ3v) is 5.11. The van der Waals surface area contributed by atoms with Crippen LogP contribution in [0.5, 0.6) is 0 Å². The number of carbonyl (C=O) groups excluding carboxylic acids is 1. The standard InChI is InChI=1S/C20H25N3O6S/c1-20(2,3)29-18(24)22-17-11-9-15(10-12-17)13-21-30(27,28)23(19(25)26)14-16-7-5-4-6-8-16/h4-12,21H,13-14H2,1-3H3,(H,22,24)(H,25,26).